The molecular formula is C28H46N2O4. The van der Waals surface area contributed by atoms with Crippen LogP contribution in [0, 0.1) is 11.3 Å². The van der Waals surface area contributed by atoms with Gasteiger partial charge in [-0.1, -0.05) is 66.7 Å². The topological polar surface area (TPSA) is 79.6 Å². The molecule has 0 radical (unpaired) electrons. The molecule has 34 heavy (non-hydrogen) atoms. The Kier molecular flexibility index (Phi) is 27.6. The molecule has 0 amide bonds. The van der Waals surface area contributed by atoms with E-state index in [2.05, 4.69) is 48.6 Å². The number of carbonyl (C=O) groups excluding carboxylic acids is 2. The summed E-state index contributed by atoms with van der Waals surface area (Å²) in [6.07, 6.45) is 5.66. The lowest BCUT2D eigenvalue weighted by atomic mass is 10.1. The summed E-state index contributed by atoms with van der Waals surface area (Å²) in [5.74, 6) is -0.364. The van der Waals surface area contributed by atoms with Crippen LogP contribution in [0.15, 0.2) is 42.0 Å². The molecule has 1 aromatic carbocycles. The van der Waals surface area contributed by atoms with Gasteiger partial charge in [0.15, 0.2) is 6.29 Å². The van der Waals surface area contributed by atoms with E-state index in [4.69, 9.17) is 5.26 Å². The van der Waals surface area contributed by atoms with Crippen molar-refractivity contribution in [2.24, 2.45) is 0 Å². The average molecular weight is 475 g/mol. The third-order valence-electron chi connectivity index (χ3n) is 3.69. The van der Waals surface area contributed by atoms with Gasteiger partial charge in [-0.25, -0.2) is 4.79 Å². The van der Waals surface area contributed by atoms with Crippen LogP contribution in [0.3, 0.4) is 0 Å². The molecule has 0 heterocycles. The number of benzene rings is 1. The Hall–Kier alpha value is -2.91. The maximum absolute atomic E-state index is 10.6. The predicted octanol–water partition coefficient (Wildman–Crippen LogP) is 6.61. The smallest absolute Gasteiger partial charge is 0.333 e. The summed E-state index contributed by atoms with van der Waals surface area (Å²) in [6, 6.07) is 9.82. The minimum absolute atomic E-state index is 0.145. The van der Waals surface area contributed by atoms with E-state index in [9.17, 15) is 9.59 Å². The molecule has 6 heteroatoms. The Labute approximate surface area is 208 Å². The molecule has 1 rings (SSSR count). The number of allylic oxidation sites excluding steroid dienone is 1. The van der Waals surface area contributed by atoms with Crippen molar-refractivity contribution in [3.8, 4) is 6.07 Å². The average Bonchev–Trinajstić information content (AvgIpc) is 2.85. The first kappa shape index (κ1) is 35.7. The van der Waals surface area contributed by atoms with Crippen molar-refractivity contribution in [1.82, 2.24) is 0 Å². The first-order chi connectivity index (χ1) is 16.3. The van der Waals surface area contributed by atoms with Crippen molar-refractivity contribution in [2.75, 3.05) is 38.3 Å². The maximum Gasteiger partial charge on any atom is 0.333 e. The number of carbonyl (C=O) groups is 2. The van der Waals surface area contributed by atoms with Crippen LogP contribution in [0.2, 0.25) is 0 Å². The molecule has 0 unspecified atom stereocenters. The van der Waals surface area contributed by atoms with E-state index < -0.39 is 0 Å². The van der Waals surface area contributed by atoms with Gasteiger partial charge in [0.25, 0.3) is 0 Å². The lowest BCUT2D eigenvalue weighted by Crippen LogP contribution is -2.24. The number of nitrogens with zero attached hydrogens (tertiary/aromatic N) is 2. The number of hydrogen-bond acceptors (Lipinski definition) is 6. The van der Waals surface area contributed by atoms with Gasteiger partial charge in [-0.15, -0.1) is 0 Å². The lowest BCUT2D eigenvalue weighted by Gasteiger charge is -2.23. The molecule has 0 saturated carbocycles. The Bertz CT molecular complexity index is 713. The highest BCUT2D eigenvalue weighted by Gasteiger charge is 2.04. The van der Waals surface area contributed by atoms with Gasteiger partial charge in [-0.3, -0.25) is 4.79 Å². The minimum atomic E-state index is -0.364. The number of aldehydes is 1. The van der Waals surface area contributed by atoms with Gasteiger partial charge in [0.2, 0.25) is 0 Å². The second kappa shape index (κ2) is 26.3. The number of nitriles is 1. The third kappa shape index (κ3) is 19.8. The summed E-state index contributed by atoms with van der Waals surface area (Å²) in [6.45, 7) is 20.4. The summed E-state index contributed by atoms with van der Waals surface area (Å²) >= 11 is 0. The predicted molar refractivity (Wildman–Crippen MR) is 144 cm³/mol. The van der Waals surface area contributed by atoms with Crippen molar-refractivity contribution in [3.63, 3.8) is 0 Å². The van der Waals surface area contributed by atoms with Crippen molar-refractivity contribution >= 4 is 24.0 Å². The van der Waals surface area contributed by atoms with Gasteiger partial charge in [0, 0.05) is 31.5 Å². The van der Waals surface area contributed by atoms with Gasteiger partial charge < -0.3 is 14.4 Å². The highest BCUT2D eigenvalue weighted by molar-refractivity contribution is 5.87. The molecule has 0 saturated heterocycles. The zero-order chi connectivity index (χ0) is 26.8. The zero-order valence-corrected chi connectivity index (χ0v) is 22.6. The van der Waals surface area contributed by atoms with Gasteiger partial charge >= 0.3 is 5.97 Å². The molecule has 0 spiro atoms. The SMILES string of the molecule is C=C(C)C(=O)OCCOC.CC.CCC.CCCN(CCC)c1ccc(/C=C(\C#N)C=O)cc1. The summed E-state index contributed by atoms with van der Waals surface area (Å²) in [5, 5.41) is 8.71. The molecule has 192 valence electrons. The molecule has 0 aliphatic carbocycles. The van der Waals surface area contributed by atoms with Gasteiger partial charge in [0.05, 0.1) is 12.2 Å². The van der Waals surface area contributed by atoms with Gasteiger partial charge in [-0.2, -0.15) is 5.26 Å². The van der Waals surface area contributed by atoms with Crippen molar-refractivity contribution < 1.29 is 19.1 Å². The van der Waals surface area contributed by atoms with Crippen LogP contribution in [-0.4, -0.2) is 45.7 Å². The molecular weight excluding hydrogens is 428 g/mol. The fourth-order valence-electron chi connectivity index (χ4n) is 2.30. The van der Waals surface area contributed by atoms with E-state index in [1.807, 2.05) is 44.2 Å². The fourth-order valence-corrected chi connectivity index (χ4v) is 2.30. The number of anilines is 1. The number of rotatable bonds is 11. The normalized spacial score (nSPS) is 9.44. The van der Waals surface area contributed by atoms with E-state index in [1.54, 1.807) is 20.1 Å². The van der Waals surface area contributed by atoms with E-state index in [-0.39, 0.29) is 11.5 Å². The molecule has 0 aromatic heterocycles. The van der Waals surface area contributed by atoms with Gasteiger partial charge in [-0.05, 0) is 43.5 Å². The van der Waals surface area contributed by atoms with Crippen LogP contribution in [0.5, 0.6) is 0 Å². The number of methoxy groups -OCH3 is 1. The summed E-state index contributed by atoms with van der Waals surface area (Å²) in [5.41, 5.74) is 2.62. The summed E-state index contributed by atoms with van der Waals surface area (Å²) < 4.78 is 9.35. The molecule has 0 aliphatic rings. The van der Waals surface area contributed by atoms with Gasteiger partial charge in [0.1, 0.15) is 12.7 Å². The number of hydrogen-bond donors (Lipinski definition) is 0. The van der Waals surface area contributed by atoms with E-state index in [0.29, 0.717) is 25.1 Å². The number of ether oxygens (including phenoxy) is 2. The second-order valence-corrected chi connectivity index (χ2v) is 7.02. The highest BCUT2D eigenvalue weighted by atomic mass is 16.6. The van der Waals surface area contributed by atoms with E-state index >= 15 is 0 Å². The van der Waals surface area contributed by atoms with Crippen molar-refractivity contribution in [2.45, 2.75) is 67.7 Å². The molecule has 0 aliphatic heterocycles. The van der Waals surface area contributed by atoms with E-state index in [1.165, 1.54) is 12.1 Å². The first-order valence-electron chi connectivity index (χ1n) is 12.1. The molecule has 1 aromatic rings. The summed E-state index contributed by atoms with van der Waals surface area (Å²) in [4.78, 5) is 23.6. The minimum Gasteiger partial charge on any atom is -0.460 e. The Morgan fingerprint density at radius 3 is 1.91 bits per heavy atom. The molecule has 0 fully saturated rings. The largest absolute Gasteiger partial charge is 0.460 e. The van der Waals surface area contributed by atoms with Crippen molar-refractivity contribution in [3.05, 3.63) is 47.6 Å². The van der Waals surface area contributed by atoms with Crippen molar-refractivity contribution in [1.29, 1.82) is 5.26 Å². The molecule has 0 bridgehead atoms. The number of esters is 1. The lowest BCUT2D eigenvalue weighted by molar-refractivity contribution is -0.140. The Morgan fingerprint density at radius 1 is 1.06 bits per heavy atom. The van der Waals surface area contributed by atoms with E-state index in [0.717, 1.165) is 31.5 Å². The Morgan fingerprint density at radius 2 is 1.56 bits per heavy atom. The van der Waals surface area contributed by atoms with Crippen LogP contribution in [0.4, 0.5) is 5.69 Å². The highest BCUT2D eigenvalue weighted by Crippen LogP contribution is 2.17. The van der Waals surface area contributed by atoms with Crippen LogP contribution in [0.1, 0.15) is 73.3 Å². The second-order valence-electron chi connectivity index (χ2n) is 7.02. The quantitative estimate of drug-likeness (QED) is 0.118. The third-order valence-corrected chi connectivity index (χ3v) is 3.69. The van der Waals surface area contributed by atoms with Crippen LogP contribution < -0.4 is 4.90 Å². The van der Waals surface area contributed by atoms with Crippen LogP contribution in [0.25, 0.3) is 6.08 Å². The monoisotopic (exact) mass is 474 g/mol. The first-order valence-corrected chi connectivity index (χ1v) is 12.1. The molecule has 0 N–H and O–H groups in total. The maximum atomic E-state index is 10.6. The standard InChI is InChI=1S/C16H20N2O.C7H12O3.C3H8.C2H6/c1-3-9-18(10-4-2)16-7-5-14(6-8-16)11-15(12-17)13-19;1-6(2)7(8)10-5-4-9-3;1-3-2;1-2/h5-8,11,13H,3-4,9-10H2,1-2H3;1,4-5H2,2-3H3;3H2,1-2H3;1-2H3/b15-11+;;;. The Balaban J connectivity index is -0.000000539. The fraction of sp³-hybridized carbons (Fsp3) is 0.536. The molecule has 6 nitrogen and oxygen atoms in total. The zero-order valence-electron chi connectivity index (χ0n) is 22.6. The van der Waals surface area contributed by atoms with Crippen LogP contribution >= 0.6 is 0 Å². The summed E-state index contributed by atoms with van der Waals surface area (Å²) in [7, 11) is 1.55. The molecule has 0 atom stereocenters. The van der Waals surface area contributed by atoms with Crippen LogP contribution in [-0.2, 0) is 19.1 Å².